The number of fused-ring (bicyclic) bond motifs is 3. The van der Waals surface area contributed by atoms with Crippen LogP contribution in [0.1, 0.15) is 67.8 Å². The number of nitrogens with zero attached hydrogens (tertiary/aromatic N) is 1. The van der Waals surface area contributed by atoms with Crippen LogP contribution in [0.3, 0.4) is 0 Å². The van der Waals surface area contributed by atoms with E-state index in [1.807, 2.05) is 42.5 Å². The van der Waals surface area contributed by atoms with Gasteiger partial charge in [-0.1, -0.05) is 93.1 Å². The number of benzene rings is 3. The van der Waals surface area contributed by atoms with Crippen LogP contribution in [0.5, 0.6) is 11.5 Å². The second-order valence-corrected chi connectivity index (χ2v) is 10.7. The lowest BCUT2D eigenvalue weighted by Crippen LogP contribution is -2.47. The van der Waals surface area contributed by atoms with Gasteiger partial charge in [0.1, 0.15) is 13.2 Å². The van der Waals surface area contributed by atoms with E-state index in [4.69, 9.17) is 9.47 Å². The highest BCUT2D eigenvalue weighted by atomic mass is 16.5. The van der Waals surface area contributed by atoms with Gasteiger partial charge in [0.2, 0.25) is 0 Å². The Morgan fingerprint density at radius 1 is 0.842 bits per heavy atom. The maximum Gasteiger partial charge on any atom is 0.162 e. The Kier molecular flexibility index (Phi) is 8.83. The first-order chi connectivity index (χ1) is 18.7. The average Bonchev–Trinajstić information content (AvgIpc) is 2.95. The lowest BCUT2D eigenvalue weighted by Gasteiger charge is -2.46. The molecule has 4 atom stereocenters. The molecule has 0 fully saturated rings. The summed E-state index contributed by atoms with van der Waals surface area (Å²) < 4.78 is 12.9. The summed E-state index contributed by atoms with van der Waals surface area (Å²) in [5.41, 5.74) is 4.98. The van der Waals surface area contributed by atoms with Crippen LogP contribution in [0.25, 0.3) is 0 Å². The summed E-state index contributed by atoms with van der Waals surface area (Å²) in [5.74, 6) is 1.95. The Labute approximate surface area is 227 Å². The molecule has 3 aromatic carbocycles. The van der Waals surface area contributed by atoms with Crippen LogP contribution in [0.15, 0.2) is 84.9 Å². The van der Waals surface area contributed by atoms with E-state index in [0.717, 1.165) is 61.3 Å². The molecule has 0 radical (unpaired) electrons. The van der Waals surface area contributed by atoms with Crippen LogP contribution in [0, 0.1) is 5.92 Å². The lowest BCUT2D eigenvalue weighted by atomic mass is 9.79. The van der Waals surface area contributed by atoms with Crippen molar-refractivity contribution in [2.75, 3.05) is 6.54 Å². The maximum absolute atomic E-state index is 10.7. The van der Waals surface area contributed by atoms with E-state index in [-0.39, 0.29) is 12.1 Å². The van der Waals surface area contributed by atoms with Crippen molar-refractivity contribution in [2.45, 2.75) is 77.4 Å². The van der Waals surface area contributed by atoms with Gasteiger partial charge in [-0.2, -0.15) is 0 Å². The molecule has 200 valence electrons. The standard InChI is InChI=1S/C34H41NO3/c1-3-11-29-21-30(36)17-16-27(4-2)34-31-22-33(38-24-26-14-9-6-10-15-26)32(20-28(31)18-19-35(29)34)37-23-25-12-7-5-8-13-25/h5-10,12-17,20,22,27,29-30,34,36H,3-4,11,18-19,21,23-24H2,1-2H3/b17-16-/t27?,29-,30+,34+/m1/s1. The molecule has 2 heterocycles. The van der Waals surface area contributed by atoms with Gasteiger partial charge in [-0.05, 0) is 66.0 Å². The van der Waals surface area contributed by atoms with Crippen LogP contribution >= 0.6 is 0 Å². The fraction of sp³-hybridized carbons (Fsp3) is 0.412. The highest BCUT2D eigenvalue weighted by molar-refractivity contribution is 5.50. The van der Waals surface area contributed by atoms with Crippen molar-refractivity contribution >= 4 is 0 Å². The molecule has 0 bridgehead atoms. The zero-order valence-corrected chi connectivity index (χ0v) is 22.8. The number of hydrogen-bond acceptors (Lipinski definition) is 4. The number of rotatable bonds is 9. The molecule has 4 nitrogen and oxygen atoms in total. The average molecular weight is 512 g/mol. The monoisotopic (exact) mass is 511 g/mol. The Bertz CT molecular complexity index is 1190. The minimum absolute atomic E-state index is 0.270. The van der Waals surface area contributed by atoms with Gasteiger partial charge >= 0.3 is 0 Å². The van der Waals surface area contributed by atoms with E-state index in [1.165, 1.54) is 11.1 Å². The van der Waals surface area contributed by atoms with Gasteiger partial charge in [0.05, 0.1) is 6.10 Å². The highest BCUT2D eigenvalue weighted by Gasteiger charge is 2.38. The van der Waals surface area contributed by atoms with Crippen LogP contribution in [-0.4, -0.2) is 28.7 Å². The van der Waals surface area contributed by atoms with Gasteiger partial charge in [-0.25, -0.2) is 0 Å². The van der Waals surface area contributed by atoms with Crippen molar-refractivity contribution in [1.82, 2.24) is 4.90 Å². The summed E-state index contributed by atoms with van der Waals surface area (Å²) in [7, 11) is 0. The van der Waals surface area contributed by atoms with Gasteiger partial charge in [-0.3, -0.25) is 4.90 Å². The molecule has 0 saturated heterocycles. The molecule has 0 spiro atoms. The summed E-state index contributed by atoms with van der Waals surface area (Å²) in [6, 6.07) is 25.7. The quantitative estimate of drug-likeness (QED) is 0.307. The van der Waals surface area contributed by atoms with E-state index < -0.39 is 0 Å². The van der Waals surface area contributed by atoms with Crippen LogP contribution in [0.2, 0.25) is 0 Å². The normalized spacial score (nSPS) is 24.0. The van der Waals surface area contributed by atoms with Crippen molar-refractivity contribution in [3.05, 3.63) is 107 Å². The first-order valence-electron chi connectivity index (χ1n) is 14.3. The molecule has 3 aromatic rings. The predicted octanol–water partition coefficient (Wildman–Crippen LogP) is 7.26. The smallest absolute Gasteiger partial charge is 0.162 e. The number of aliphatic hydroxyl groups excluding tert-OH is 1. The summed E-state index contributed by atoms with van der Waals surface area (Å²) in [6.45, 7) is 6.51. The Morgan fingerprint density at radius 3 is 2.08 bits per heavy atom. The third kappa shape index (κ3) is 6.14. The number of ether oxygens (including phenoxy) is 2. The summed E-state index contributed by atoms with van der Waals surface area (Å²) >= 11 is 0. The zero-order chi connectivity index (χ0) is 26.3. The largest absolute Gasteiger partial charge is 0.485 e. The SMILES string of the molecule is CCC[C@@H]1C[C@@H](O)/C=C\C(CC)[C@H]2c3cc(OCc4ccccc4)c(OCc4ccccc4)cc3CCN12. The first-order valence-corrected chi connectivity index (χ1v) is 14.3. The van der Waals surface area contributed by atoms with E-state index in [1.54, 1.807) is 0 Å². The molecule has 0 aliphatic carbocycles. The van der Waals surface area contributed by atoms with Gasteiger partial charge in [-0.15, -0.1) is 0 Å². The maximum atomic E-state index is 10.7. The molecule has 0 amide bonds. The topological polar surface area (TPSA) is 41.9 Å². The number of hydrogen-bond donors (Lipinski definition) is 1. The number of aliphatic hydroxyl groups is 1. The van der Waals surface area contributed by atoms with Gasteiger partial charge in [0.25, 0.3) is 0 Å². The van der Waals surface area contributed by atoms with Crippen molar-refractivity contribution in [3.8, 4) is 11.5 Å². The first kappa shape index (κ1) is 26.5. The van der Waals surface area contributed by atoms with Crippen LogP contribution in [-0.2, 0) is 19.6 Å². The summed E-state index contributed by atoms with van der Waals surface area (Å²) in [4.78, 5) is 2.68. The molecule has 4 heteroatoms. The minimum Gasteiger partial charge on any atom is -0.485 e. The predicted molar refractivity (Wildman–Crippen MR) is 153 cm³/mol. The van der Waals surface area contributed by atoms with E-state index in [2.05, 4.69) is 61.2 Å². The molecule has 38 heavy (non-hydrogen) atoms. The highest BCUT2D eigenvalue weighted by Crippen LogP contribution is 2.45. The fourth-order valence-corrected chi connectivity index (χ4v) is 6.10. The van der Waals surface area contributed by atoms with E-state index >= 15 is 0 Å². The molecule has 1 unspecified atom stereocenters. The third-order valence-electron chi connectivity index (χ3n) is 8.06. The van der Waals surface area contributed by atoms with Crippen molar-refractivity contribution in [2.24, 2.45) is 5.92 Å². The lowest BCUT2D eigenvalue weighted by molar-refractivity contribution is 0.0514. The van der Waals surface area contributed by atoms with E-state index in [9.17, 15) is 5.11 Å². The molecule has 2 aliphatic heterocycles. The molecule has 0 saturated carbocycles. The van der Waals surface area contributed by atoms with Crippen molar-refractivity contribution in [1.29, 1.82) is 0 Å². The zero-order valence-electron chi connectivity index (χ0n) is 22.8. The van der Waals surface area contributed by atoms with Crippen molar-refractivity contribution < 1.29 is 14.6 Å². The Balaban J connectivity index is 1.52. The second-order valence-electron chi connectivity index (χ2n) is 10.7. The Hall–Kier alpha value is -3.08. The van der Waals surface area contributed by atoms with Crippen LogP contribution < -0.4 is 9.47 Å². The van der Waals surface area contributed by atoms with Crippen LogP contribution in [0.4, 0.5) is 0 Å². The van der Waals surface area contributed by atoms with Gasteiger partial charge < -0.3 is 14.6 Å². The fourth-order valence-electron chi connectivity index (χ4n) is 6.10. The minimum atomic E-state index is -0.374. The molecule has 2 aliphatic rings. The van der Waals surface area contributed by atoms with E-state index in [0.29, 0.717) is 25.2 Å². The second kappa shape index (κ2) is 12.6. The molecular formula is C34H41NO3. The summed E-state index contributed by atoms with van der Waals surface area (Å²) in [5, 5.41) is 10.7. The molecule has 1 N–H and O–H groups in total. The van der Waals surface area contributed by atoms with Gasteiger partial charge in [0, 0.05) is 18.6 Å². The summed E-state index contributed by atoms with van der Waals surface area (Å²) in [6.07, 6.45) is 8.92. The molecular weight excluding hydrogens is 470 g/mol. The van der Waals surface area contributed by atoms with Gasteiger partial charge in [0.15, 0.2) is 11.5 Å². The third-order valence-corrected chi connectivity index (χ3v) is 8.06. The molecule has 5 rings (SSSR count). The van der Waals surface area contributed by atoms with Crippen molar-refractivity contribution in [3.63, 3.8) is 0 Å². The molecule has 0 aromatic heterocycles. The Morgan fingerprint density at radius 2 is 1.47 bits per heavy atom.